The van der Waals surface area contributed by atoms with Crippen molar-refractivity contribution in [1.82, 2.24) is 0 Å². The molecule has 1 aromatic rings. The number of aliphatic hydroxyl groups excluding tert-OH is 8. The van der Waals surface area contributed by atoms with E-state index in [2.05, 4.69) is 0 Å². The summed E-state index contributed by atoms with van der Waals surface area (Å²) in [4.78, 5) is 13.3. The van der Waals surface area contributed by atoms with E-state index in [1.54, 1.807) is 13.8 Å². The van der Waals surface area contributed by atoms with Gasteiger partial charge in [-0.15, -0.1) is 0 Å². The van der Waals surface area contributed by atoms with Crippen LogP contribution in [0.5, 0.6) is 17.2 Å². The van der Waals surface area contributed by atoms with Gasteiger partial charge in [-0.25, -0.2) is 0 Å². The van der Waals surface area contributed by atoms with Crippen molar-refractivity contribution in [3.05, 3.63) is 16.7 Å². The van der Waals surface area contributed by atoms with E-state index in [1.807, 2.05) is 0 Å². The van der Waals surface area contributed by atoms with Gasteiger partial charge in [0.15, 0.2) is 5.78 Å². The molecule has 0 bridgehead atoms. The fourth-order valence-electron chi connectivity index (χ4n) is 4.52. The summed E-state index contributed by atoms with van der Waals surface area (Å²) in [6.45, 7) is 4.79. The van der Waals surface area contributed by atoms with Gasteiger partial charge >= 0.3 is 0 Å². The van der Waals surface area contributed by atoms with Crippen LogP contribution in [0.2, 0.25) is 0 Å². The summed E-state index contributed by atoms with van der Waals surface area (Å²) in [5.41, 5.74) is -0.194. The molecule has 2 aliphatic rings. The Balaban J connectivity index is 2.10. The van der Waals surface area contributed by atoms with Crippen LogP contribution in [0.4, 0.5) is 0 Å². The van der Waals surface area contributed by atoms with Gasteiger partial charge in [-0.3, -0.25) is 4.79 Å². The molecule has 0 aliphatic carbocycles. The van der Waals surface area contributed by atoms with Crippen LogP contribution in [0.25, 0.3) is 0 Å². The summed E-state index contributed by atoms with van der Waals surface area (Å²) in [6, 6.07) is 0. The Hall–Kier alpha value is -2.11. The van der Waals surface area contributed by atoms with Crippen LogP contribution in [-0.4, -0.2) is 126 Å². The second-order valence-corrected chi connectivity index (χ2v) is 9.94. The zero-order valence-corrected chi connectivity index (χ0v) is 22.0. The van der Waals surface area contributed by atoms with Crippen molar-refractivity contribution in [2.24, 2.45) is 5.92 Å². The van der Waals surface area contributed by atoms with Crippen molar-refractivity contribution < 1.29 is 69.7 Å². The van der Waals surface area contributed by atoms with Gasteiger partial charge in [0.1, 0.15) is 71.6 Å². The van der Waals surface area contributed by atoms with Gasteiger partial charge in [-0.05, 0) is 20.3 Å². The highest BCUT2D eigenvalue weighted by Crippen LogP contribution is 2.45. The third-order valence-electron chi connectivity index (χ3n) is 7.31. The molecule has 222 valence electrons. The van der Waals surface area contributed by atoms with Crippen molar-refractivity contribution in [3.63, 3.8) is 0 Å². The Labute approximate surface area is 224 Å². The van der Waals surface area contributed by atoms with Crippen LogP contribution in [0.3, 0.4) is 0 Å². The smallest absolute Gasteiger partial charge is 0.229 e. The lowest BCUT2D eigenvalue weighted by atomic mass is 9.91. The second-order valence-electron chi connectivity index (χ2n) is 9.94. The van der Waals surface area contributed by atoms with Gasteiger partial charge in [-0.1, -0.05) is 13.8 Å². The van der Waals surface area contributed by atoms with Crippen molar-refractivity contribution in [3.8, 4) is 17.2 Å². The molecule has 14 nitrogen and oxygen atoms in total. The lowest BCUT2D eigenvalue weighted by molar-refractivity contribution is -0.279. The molecule has 9 N–H and O–H groups in total. The Bertz CT molecular complexity index is 1010. The minimum absolute atomic E-state index is 0.0252. The molecule has 0 amide bonds. The lowest BCUT2D eigenvalue weighted by Gasteiger charge is -2.41. The van der Waals surface area contributed by atoms with Crippen molar-refractivity contribution >= 4 is 5.78 Å². The molecule has 2 heterocycles. The third-order valence-corrected chi connectivity index (χ3v) is 7.31. The summed E-state index contributed by atoms with van der Waals surface area (Å²) in [5, 5.41) is 91.6. The molecule has 0 aromatic heterocycles. The standard InChI is InChI=1S/C25H38O14/c1-5-8(2)14(28)13-15(29)9(3)22(38-24-20(34)18(32)16(30)11(6-26)36-24)10(4)23(13)39-25-21(35)19(33)17(31)12(7-27)37-25/h8,11-12,16-21,24-27,29-35H,5-7H2,1-4H3. The van der Waals surface area contributed by atoms with E-state index in [1.165, 1.54) is 13.8 Å². The third kappa shape index (κ3) is 5.86. The van der Waals surface area contributed by atoms with Gasteiger partial charge in [0, 0.05) is 17.0 Å². The molecule has 39 heavy (non-hydrogen) atoms. The van der Waals surface area contributed by atoms with Gasteiger partial charge in [0.05, 0.1) is 13.2 Å². The number of benzene rings is 1. The number of phenolic OH excluding ortho intramolecular Hbond substituents is 1. The quantitative estimate of drug-likeness (QED) is 0.143. The average molecular weight is 563 g/mol. The molecule has 0 radical (unpaired) electrons. The Morgan fingerprint density at radius 1 is 0.769 bits per heavy atom. The highest BCUT2D eigenvalue weighted by atomic mass is 16.7. The largest absolute Gasteiger partial charge is 0.507 e. The molecule has 3 rings (SSSR count). The molecule has 2 fully saturated rings. The summed E-state index contributed by atoms with van der Waals surface area (Å²) >= 11 is 0. The first-order valence-corrected chi connectivity index (χ1v) is 12.6. The number of aliphatic hydroxyl groups is 8. The Morgan fingerprint density at radius 3 is 1.62 bits per heavy atom. The average Bonchev–Trinajstić information content (AvgIpc) is 2.93. The first-order valence-electron chi connectivity index (χ1n) is 12.6. The first kappa shape index (κ1) is 31.4. The summed E-state index contributed by atoms with van der Waals surface area (Å²) < 4.78 is 22.4. The zero-order valence-electron chi connectivity index (χ0n) is 22.0. The normalized spacial score (nSPS) is 35.9. The number of hydrogen-bond donors (Lipinski definition) is 9. The fraction of sp³-hybridized carbons (Fsp3) is 0.720. The number of aromatic hydroxyl groups is 1. The second kappa shape index (κ2) is 12.6. The molecule has 11 atom stereocenters. The minimum atomic E-state index is -1.83. The number of ether oxygens (including phenoxy) is 4. The SMILES string of the molecule is CCC(C)C(=O)c1c(O)c(C)c(OC2OC(CO)C(O)C(O)C2O)c(C)c1OC1OC(CO)C(O)C(O)C1O. The van der Waals surface area contributed by atoms with Crippen LogP contribution < -0.4 is 9.47 Å². The number of carbonyl (C=O) groups excluding carboxylic acids is 1. The van der Waals surface area contributed by atoms with E-state index in [4.69, 9.17) is 18.9 Å². The van der Waals surface area contributed by atoms with E-state index in [0.29, 0.717) is 6.42 Å². The number of ketones is 1. The summed E-state index contributed by atoms with van der Waals surface area (Å²) in [7, 11) is 0. The van der Waals surface area contributed by atoms with E-state index in [9.17, 15) is 50.8 Å². The van der Waals surface area contributed by atoms with Gasteiger partial charge < -0.3 is 64.9 Å². The predicted molar refractivity (Wildman–Crippen MR) is 130 cm³/mol. The van der Waals surface area contributed by atoms with E-state index >= 15 is 0 Å². The molecule has 0 spiro atoms. The van der Waals surface area contributed by atoms with Crippen LogP contribution in [0.15, 0.2) is 0 Å². The minimum Gasteiger partial charge on any atom is -0.507 e. The number of hydrogen-bond acceptors (Lipinski definition) is 14. The molecule has 1 aromatic carbocycles. The first-order chi connectivity index (χ1) is 18.3. The van der Waals surface area contributed by atoms with Gasteiger partial charge in [0.2, 0.25) is 12.6 Å². The number of carbonyl (C=O) groups is 1. The maximum Gasteiger partial charge on any atom is 0.229 e. The van der Waals surface area contributed by atoms with Gasteiger partial charge in [0.25, 0.3) is 0 Å². The monoisotopic (exact) mass is 562 g/mol. The Morgan fingerprint density at radius 2 is 1.21 bits per heavy atom. The summed E-state index contributed by atoms with van der Waals surface area (Å²) in [5.74, 6) is -2.14. The van der Waals surface area contributed by atoms with Crippen LogP contribution in [-0.2, 0) is 9.47 Å². The number of phenols is 1. The fourth-order valence-corrected chi connectivity index (χ4v) is 4.52. The van der Waals surface area contributed by atoms with Crippen molar-refractivity contribution in [2.45, 2.75) is 95.5 Å². The van der Waals surface area contributed by atoms with Crippen LogP contribution in [0.1, 0.15) is 41.8 Å². The van der Waals surface area contributed by atoms with E-state index < -0.39 is 92.1 Å². The number of rotatable bonds is 9. The summed E-state index contributed by atoms with van der Waals surface area (Å²) in [6.07, 6.45) is -16.0. The highest BCUT2D eigenvalue weighted by Gasteiger charge is 2.47. The Kier molecular flexibility index (Phi) is 10.1. The van der Waals surface area contributed by atoms with Gasteiger partial charge in [-0.2, -0.15) is 0 Å². The molecule has 0 saturated carbocycles. The maximum atomic E-state index is 13.3. The molecular formula is C25H38O14. The number of Topliss-reactive ketones (excluding diaryl/α,β-unsaturated/α-hetero) is 1. The molecule has 2 aliphatic heterocycles. The molecular weight excluding hydrogens is 524 g/mol. The topological polar surface area (TPSA) is 236 Å². The van der Waals surface area contributed by atoms with Crippen LogP contribution in [0, 0.1) is 19.8 Å². The van der Waals surface area contributed by atoms with Crippen molar-refractivity contribution in [1.29, 1.82) is 0 Å². The highest BCUT2D eigenvalue weighted by molar-refractivity contribution is 6.03. The van der Waals surface area contributed by atoms with E-state index in [-0.39, 0.29) is 28.2 Å². The van der Waals surface area contributed by atoms with Crippen LogP contribution >= 0.6 is 0 Å². The molecule has 2 saturated heterocycles. The molecule has 14 heteroatoms. The molecule has 11 unspecified atom stereocenters. The maximum absolute atomic E-state index is 13.3. The zero-order chi connectivity index (χ0) is 29.3. The van der Waals surface area contributed by atoms with Crippen molar-refractivity contribution in [2.75, 3.05) is 13.2 Å². The predicted octanol–water partition coefficient (Wildman–Crippen LogP) is -2.40. The van der Waals surface area contributed by atoms with E-state index in [0.717, 1.165) is 0 Å². The lowest BCUT2D eigenvalue weighted by Crippen LogP contribution is -2.60.